The van der Waals surface area contributed by atoms with Crippen molar-refractivity contribution in [3.63, 3.8) is 0 Å². The van der Waals surface area contributed by atoms with Crippen LogP contribution >= 0.6 is 11.3 Å². The monoisotopic (exact) mass is 657 g/mol. The van der Waals surface area contributed by atoms with Crippen molar-refractivity contribution in [2.45, 2.75) is 56.1 Å². The molecule has 0 aromatic heterocycles. The lowest BCUT2D eigenvalue weighted by Crippen LogP contribution is -2.33. The van der Waals surface area contributed by atoms with Crippen LogP contribution in [-0.2, 0) is 26.0 Å². The number of aromatic nitrogens is 1. The molecule has 2 aliphatic rings. The molecule has 12 heteroatoms. The average molecular weight is 658 g/mol. The lowest BCUT2D eigenvalue weighted by molar-refractivity contribution is 0.0186. The standard InChI is InChI=1S/C33H43N3O7S2/c1-3-26(37)7-6-8-27(38)23-43-20-18-36(17-19-42-2)16-15-24-11-14-31-30(21-24)35-28-13-12-25(22-32(28)44-31)34-29-9-4-5-10-33(29)45(39,40)41/h4-5,9-14,21-22,26-27,37-38H,3,6-8,15-20,23H2,1-2H3,(H,39,40,41). The highest BCUT2D eigenvalue weighted by molar-refractivity contribution is 7.86. The van der Waals surface area contributed by atoms with Gasteiger partial charge in [0.2, 0.25) is 0 Å². The van der Waals surface area contributed by atoms with Crippen LogP contribution < -0.4 is 5.36 Å². The molecule has 0 bridgehead atoms. The third-order valence-corrected chi connectivity index (χ3v) is 9.57. The summed E-state index contributed by atoms with van der Waals surface area (Å²) >= 11 is 1.59. The number of fused-ring (bicyclic) bond motifs is 2. The first-order valence-electron chi connectivity index (χ1n) is 15.3. The Morgan fingerprint density at radius 2 is 1.76 bits per heavy atom. The largest absolute Gasteiger partial charge is 0.393 e. The van der Waals surface area contributed by atoms with Crippen LogP contribution in [-0.4, -0.2) is 91.8 Å². The fourth-order valence-electron chi connectivity index (χ4n) is 4.93. The SMILES string of the molecule is CCC(O)CCCC(O)COCCN(CCOC)CCc1ccc2sc3cc(=Nc4ccccc4S(=O)(=O)O)ccc-3nc2c1. The summed E-state index contributed by atoms with van der Waals surface area (Å²) in [6, 6.07) is 17.9. The zero-order valence-electron chi connectivity index (χ0n) is 25.8. The number of para-hydroxylation sites is 1. The highest BCUT2D eigenvalue weighted by Crippen LogP contribution is 2.30. The molecule has 3 N–H and O–H groups in total. The Hall–Kier alpha value is -2.81. The minimum Gasteiger partial charge on any atom is -0.393 e. The number of aliphatic hydroxyl groups excluding tert-OH is 2. The maximum Gasteiger partial charge on any atom is 0.296 e. The van der Waals surface area contributed by atoms with E-state index in [1.54, 1.807) is 42.7 Å². The molecule has 1 aliphatic heterocycles. The second kappa shape index (κ2) is 17.2. The number of benzene rings is 3. The summed E-state index contributed by atoms with van der Waals surface area (Å²) in [6.45, 7) is 5.70. The predicted octanol–water partition coefficient (Wildman–Crippen LogP) is 4.69. The summed E-state index contributed by atoms with van der Waals surface area (Å²) in [6.07, 6.45) is 2.85. The van der Waals surface area contributed by atoms with Gasteiger partial charge in [-0.05, 0) is 80.1 Å². The Morgan fingerprint density at radius 1 is 0.978 bits per heavy atom. The molecular formula is C33H43N3O7S2. The molecule has 2 aromatic rings. The minimum absolute atomic E-state index is 0.172. The van der Waals surface area contributed by atoms with Gasteiger partial charge in [0, 0.05) is 26.7 Å². The fourth-order valence-corrected chi connectivity index (χ4v) is 6.53. The van der Waals surface area contributed by atoms with Crippen LogP contribution in [0.15, 0.2) is 70.6 Å². The lowest BCUT2D eigenvalue weighted by Gasteiger charge is -2.22. The van der Waals surface area contributed by atoms with Gasteiger partial charge in [-0.3, -0.25) is 9.45 Å². The van der Waals surface area contributed by atoms with Crippen molar-refractivity contribution in [2.24, 2.45) is 4.99 Å². The van der Waals surface area contributed by atoms with Gasteiger partial charge in [0.1, 0.15) is 4.90 Å². The molecule has 1 heterocycles. The summed E-state index contributed by atoms with van der Waals surface area (Å²) < 4.78 is 45.1. The maximum atomic E-state index is 11.8. The summed E-state index contributed by atoms with van der Waals surface area (Å²) in [5.74, 6) is 0. The van der Waals surface area contributed by atoms with Crippen molar-refractivity contribution in [1.29, 1.82) is 0 Å². The molecule has 10 nitrogen and oxygen atoms in total. The van der Waals surface area contributed by atoms with Gasteiger partial charge in [0.15, 0.2) is 0 Å². The summed E-state index contributed by atoms with van der Waals surface area (Å²) in [5, 5.41) is 20.4. The molecule has 0 saturated heterocycles. The van der Waals surface area contributed by atoms with Crippen LogP contribution in [0.1, 0.15) is 38.2 Å². The zero-order valence-corrected chi connectivity index (χ0v) is 27.5. The van der Waals surface area contributed by atoms with Crippen LogP contribution in [0, 0.1) is 0 Å². The number of nitrogens with zero attached hydrogens (tertiary/aromatic N) is 3. The number of methoxy groups -OCH3 is 1. The van der Waals surface area contributed by atoms with Crippen molar-refractivity contribution in [3.8, 4) is 10.6 Å². The van der Waals surface area contributed by atoms with E-state index in [-0.39, 0.29) is 16.7 Å². The Bertz CT molecular complexity index is 1660. The molecule has 0 radical (unpaired) electrons. The molecule has 2 aromatic carbocycles. The van der Waals surface area contributed by atoms with Gasteiger partial charge in [-0.15, -0.1) is 11.3 Å². The molecule has 0 saturated carbocycles. The molecule has 45 heavy (non-hydrogen) atoms. The van der Waals surface area contributed by atoms with E-state index in [0.717, 1.165) is 59.7 Å². The number of rotatable bonds is 18. The van der Waals surface area contributed by atoms with Gasteiger partial charge < -0.3 is 19.7 Å². The van der Waals surface area contributed by atoms with E-state index in [9.17, 15) is 23.2 Å². The zero-order chi connectivity index (χ0) is 32.2. The minimum atomic E-state index is -4.39. The topological polar surface area (TPSA) is 142 Å². The molecule has 0 fully saturated rings. The Morgan fingerprint density at radius 3 is 2.53 bits per heavy atom. The average Bonchev–Trinajstić information content (AvgIpc) is 3.02. The summed E-state index contributed by atoms with van der Waals surface area (Å²) in [7, 11) is -2.70. The second-order valence-electron chi connectivity index (χ2n) is 11.0. The third kappa shape index (κ3) is 10.9. The molecule has 0 spiro atoms. The van der Waals surface area contributed by atoms with E-state index in [1.807, 2.05) is 19.1 Å². The highest BCUT2D eigenvalue weighted by Gasteiger charge is 2.15. The molecular weight excluding hydrogens is 615 g/mol. The molecule has 1 aliphatic carbocycles. The van der Waals surface area contributed by atoms with Crippen molar-refractivity contribution in [2.75, 3.05) is 46.6 Å². The van der Waals surface area contributed by atoms with E-state index in [1.165, 1.54) is 11.6 Å². The van der Waals surface area contributed by atoms with E-state index in [4.69, 9.17) is 14.5 Å². The maximum absolute atomic E-state index is 11.8. The van der Waals surface area contributed by atoms with Crippen LogP contribution in [0.5, 0.6) is 0 Å². The molecule has 0 amide bonds. The number of hydrogen-bond acceptors (Lipinski definition) is 10. The van der Waals surface area contributed by atoms with Gasteiger partial charge in [-0.1, -0.05) is 25.1 Å². The normalized spacial score (nSPS) is 14.0. The van der Waals surface area contributed by atoms with Gasteiger partial charge in [0.25, 0.3) is 10.1 Å². The molecule has 4 rings (SSSR count). The first kappa shape index (κ1) is 35.1. The van der Waals surface area contributed by atoms with Crippen LogP contribution in [0.25, 0.3) is 20.8 Å². The van der Waals surface area contributed by atoms with Crippen molar-refractivity contribution >= 4 is 37.4 Å². The summed E-state index contributed by atoms with van der Waals surface area (Å²) in [5.41, 5.74) is 3.06. The molecule has 2 atom stereocenters. The van der Waals surface area contributed by atoms with Gasteiger partial charge >= 0.3 is 0 Å². The smallest absolute Gasteiger partial charge is 0.296 e. The van der Waals surface area contributed by atoms with Crippen LogP contribution in [0.2, 0.25) is 0 Å². The fraction of sp³-hybridized carbons (Fsp3) is 0.455. The lowest BCUT2D eigenvalue weighted by atomic mass is 10.1. The molecule has 2 unspecified atom stereocenters. The Kier molecular flexibility index (Phi) is 13.4. The quantitative estimate of drug-likeness (QED) is 0.0790. The van der Waals surface area contributed by atoms with E-state index < -0.39 is 16.2 Å². The van der Waals surface area contributed by atoms with E-state index in [2.05, 4.69) is 28.1 Å². The highest BCUT2D eigenvalue weighted by atomic mass is 32.2. The number of aliphatic hydroxyl groups is 2. The number of hydrogen-bond donors (Lipinski definition) is 3. The van der Waals surface area contributed by atoms with Crippen molar-refractivity contribution in [3.05, 3.63) is 71.6 Å². The van der Waals surface area contributed by atoms with Crippen molar-refractivity contribution < 1.29 is 32.7 Å². The van der Waals surface area contributed by atoms with Crippen molar-refractivity contribution in [1.82, 2.24) is 9.88 Å². The summed E-state index contributed by atoms with van der Waals surface area (Å²) in [4.78, 5) is 12.3. The first-order valence-corrected chi connectivity index (χ1v) is 17.5. The second-order valence-corrected chi connectivity index (χ2v) is 13.5. The third-order valence-electron chi connectivity index (χ3n) is 7.56. The molecule has 244 valence electrons. The van der Waals surface area contributed by atoms with Gasteiger partial charge in [-0.25, -0.2) is 9.98 Å². The Balaban J connectivity index is 1.38. The number of ether oxygens (including phenoxy) is 2. The predicted molar refractivity (Wildman–Crippen MR) is 177 cm³/mol. The Labute approximate surface area is 269 Å². The van der Waals surface area contributed by atoms with Crippen LogP contribution in [0.3, 0.4) is 0 Å². The van der Waals surface area contributed by atoms with Gasteiger partial charge in [0.05, 0.1) is 63.9 Å². The van der Waals surface area contributed by atoms with E-state index in [0.29, 0.717) is 38.0 Å². The van der Waals surface area contributed by atoms with E-state index >= 15 is 0 Å². The van der Waals surface area contributed by atoms with Crippen LogP contribution in [0.4, 0.5) is 5.69 Å². The first-order chi connectivity index (χ1) is 21.7. The van der Waals surface area contributed by atoms with Gasteiger partial charge in [-0.2, -0.15) is 8.42 Å².